The smallest absolute Gasteiger partial charge is 0.317 e. The first-order valence-corrected chi connectivity index (χ1v) is 9.80. The van der Waals surface area contributed by atoms with Gasteiger partial charge in [-0.2, -0.15) is 0 Å². The summed E-state index contributed by atoms with van der Waals surface area (Å²) in [6.45, 7) is 8.99. The minimum absolute atomic E-state index is 0.197. The van der Waals surface area contributed by atoms with Gasteiger partial charge in [-0.3, -0.25) is 9.69 Å². The Hall–Kier alpha value is -0.610. The van der Waals surface area contributed by atoms with Gasteiger partial charge in [0.15, 0.2) is 0 Å². The lowest BCUT2D eigenvalue weighted by Gasteiger charge is -2.39. The van der Waals surface area contributed by atoms with Crippen molar-refractivity contribution in [1.82, 2.24) is 9.80 Å². The number of likely N-dealkylation sites (N-methyl/N-ethyl adjacent to an activating group) is 1. The molecule has 1 saturated carbocycles. The van der Waals surface area contributed by atoms with Gasteiger partial charge in [0.2, 0.25) is 0 Å². The first kappa shape index (κ1) is 18.7. The molecule has 0 radical (unpaired) electrons. The number of rotatable bonds is 8. The highest BCUT2D eigenvalue weighted by molar-refractivity contribution is 5.69. The summed E-state index contributed by atoms with van der Waals surface area (Å²) in [5, 5.41) is 9.02. The van der Waals surface area contributed by atoms with E-state index in [1.807, 2.05) is 0 Å². The summed E-state index contributed by atoms with van der Waals surface area (Å²) in [5.74, 6) is 1.20. The molecule has 2 fully saturated rings. The second-order valence-electron chi connectivity index (χ2n) is 7.66. The fourth-order valence-corrected chi connectivity index (χ4v) is 4.62. The summed E-state index contributed by atoms with van der Waals surface area (Å²) < 4.78 is 0. The van der Waals surface area contributed by atoms with Crippen LogP contribution in [0.5, 0.6) is 0 Å². The lowest BCUT2D eigenvalue weighted by Crippen LogP contribution is -2.47. The Morgan fingerprint density at radius 3 is 2.17 bits per heavy atom. The monoisotopic (exact) mass is 324 g/mol. The third-order valence-corrected chi connectivity index (χ3v) is 6.00. The first-order chi connectivity index (χ1) is 11.1. The molecule has 0 spiro atoms. The van der Waals surface area contributed by atoms with Crippen LogP contribution < -0.4 is 0 Å². The van der Waals surface area contributed by atoms with Crippen LogP contribution in [0.15, 0.2) is 0 Å². The topological polar surface area (TPSA) is 43.8 Å². The quantitative estimate of drug-likeness (QED) is 0.742. The number of carbonyl (C=O) groups is 1. The van der Waals surface area contributed by atoms with Crippen LogP contribution in [0.4, 0.5) is 0 Å². The highest BCUT2D eigenvalue weighted by Gasteiger charge is 2.27. The molecule has 2 rings (SSSR count). The summed E-state index contributed by atoms with van der Waals surface area (Å²) in [7, 11) is 0. The van der Waals surface area contributed by atoms with E-state index in [1.165, 1.54) is 45.1 Å². The molecular weight excluding hydrogens is 288 g/mol. The number of piperidine rings is 1. The van der Waals surface area contributed by atoms with Crippen molar-refractivity contribution < 1.29 is 9.90 Å². The van der Waals surface area contributed by atoms with Gasteiger partial charge < -0.3 is 10.0 Å². The maximum Gasteiger partial charge on any atom is 0.317 e. The van der Waals surface area contributed by atoms with Gasteiger partial charge in [0.1, 0.15) is 0 Å². The molecule has 1 heterocycles. The van der Waals surface area contributed by atoms with E-state index >= 15 is 0 Å². The number of carboxylic acid groups (broad SMARTS) is 1. The number of carboxylic acids is 1. The Kier molecular flexibility index (Phi) is 7.84. The van der Waals surface area contributed by atoms with Gasteiger partial charge in [0.05, 0.1) is 6.54 Å². The Labute approximate surface area is 142 Å². The van der Waals surface area contributed by atoms with Crippen LogP contribution in [0.25, 0.3) is 0 Å². The summed E-state index contributed by atoms with van der Waals surface area (Å²) in [6, 6.07) is 0.465. The van der Waals surface area contributed by atoms with Gasteiger partial charge in [0, 0.05) is 12.6 Å². The summed E-state index contributed by atoms with van der Waals surface area (Å²) in [6.07, 6.45) is 10.8. The number of hydrogen-bond donors (Lipinski definition) is 1. The van der Waals surface area contributed by atoms with Crippen LogP contribution in [0.3, 0.4) is 0 Å². The van der Waals surface area contributed by atoms with Crippen molar-refractivity contribution >= 4 is 5.97 Å². The van der Waals surface area contributed by atoms with Crippen molar-refractivity contribution in [2.24, 2.45) is 11.8 Å². The minimum atomic E-state index is -0.696. The summed E-state index contributed by atoms with van der Waals surface area (Å²) >= 11 is 0. The van der Waals surface area contributed by atoms with E-state index in [-0.39, 0.29) is 6.54 Å². The molecule has 134 valence electrons. The lowest BCUT2D eigenvalue weighted by atomic mass is 9.80. The van der Waals surface area contributed by atoms with Crippen LogP contribution in [-0.2, 0) is 4.79 Å². The van der Waals surface area contributed by atoms with Crippen molar-refractivity contribution in [3.63, 3.8) is 0 Å². The molecule has 1 saturated heterocycles. The molecule has 0 atom stereocenters. The second kappa shape index (κ2) is 9.63. The van der Waals surface area contributed by atoms with Crippen LogP contribution in [0.2, 0.25) is 0 Å². The van der Waals surface area contributed by atoms with Crippen LogP contribution in [0, 0.1) is 11.8 Å². The highest BCUT2D eigenvalue weighted by Crippen LogP contribution is 2.32. The standard InChI is InChI=1S/C19H36N2O2/c1-3-5-16-6-8-17(9-7-16)14-20-12-10-18(11-13-20)21(4-2)15-19(22)23/h16-18H,3-15H2,1-2H3,(H,22,23). The fraction of sp³-hybridized carbons (Fsp3) is 0.947. The third kappa shape index (κ3) is 6.07. The van der Waals surface area contributed by atoms with E-state index in [2.05, 4.69) is 23.6 Å². The van der Waals surface area contributed by atoms with Gasteiger partial charge in [0.25, 0.3) is 0 Å². The average molecular weight is 325 g/mol. The molecule has 0 aromatic rings. The van der Waals surface area contributed by atoms with Crippen molar-refractivity contribution in [3.05, 3.63) is 0 Å². The molecule has 1 aliphatic heterocycles. The van der Waals surface area contributed by atoms with Gasteiger partial charge in [-0.1, -0.05) is 39.5 Å². The SMILES string of the molecule is CCCC1CCC(CN2CCC(N(CC)CC(=O)O)CC2)CC1. The first-order valence-electron chi connectivity index (χ1n) is 9.80. The van der Waals surface area contributed by atoms with Crippen LogP contribution >= 0.6 is 0 Å². The number of aliphatic carboxylic acids is 1. The van der Waals surface area contributed by atoms with Crippen LogP contribution in [-0.4, -0.2) is 59.6 Å². The van der Waals surface area contributed by atoms with Crippen molar-refractivity contribution in [3.8, 4) is 0 Å². The molecule has 1 N–H and O–H groups in total. The zero-order chi connectivity index (χ0) is 16.7. The molecule has 2 aliphatic rings. The molecule has 4 heteroatoms. The number of hydrogen-bond acceptors (Lipinski definition) is 3. The van der Waals surface area contributed by atoms with E-state index in [0.717, 1.165) is 44.3 Å². The van der Waals surface area contributed by atoms with Crippen molar-refractivity contribution in [1.29, 1.82) is 0 Å². The zero-order valence-corrected chi connectivity index (χ0v) is 15.2. The van der Waals surface area contributed by atoms with Crippen molar-refractivity contribution in [2.45, 2.75) is 71.3 Å². The molecule has 0 unspecified atom stereocenters. The molecular formula is C19H36N2O2. The molecule has 0 bridgehead atoms. The predicted molar refractivity (Wildman–Crippen MR) is 94.7 cm³/mol. The number of nitrogens with zero attached hydrogens (tertiary/aromatic N) is 2. The minimum Gasteiger partial charge on any atom is -0.480 e. The predicted octanol–water partition coefficient (Wildman–Crippen LogP) is 3.46. The zero-order valence-electron chi connectivity index (χ0n) is 15.2. The van der Waals surface area contributed by atoms with Crippen molar-refractivity contribution in [2.75, 3.05) is 32.7 Å². The van der Waals surface area contributed by atoms with E-state index < -0.39 is 5.97 Å². The fourth-order valence-electron chi connectivity index (χ4n) is 4.62. The normalized spacial score (nSPS) is 27.4. The Morgan fingerprint density at radius 1 is 1.04 bits per heavy atom. The molecule has 0 amide bonds. The maximum absolute atomic E-state index is 11.0. The maximum atomic E-state index is 11.0. The van der Waals surface area contributed by atoms with E-state index in [1.54, 1.807) is 0 Å². The Morgan fingerprint density at radius 2 is 1.65 bits per heavy atom. The Balaban J connectivity index is 1.68. The van der Waals surface area contributed by atoms with Gasteiger partial charge in [-0.25, -0.2) is 0 Å². The number of likely N-dealkylation sites (tertiary alicyclic amines) is 1. The molecule has 4 nitrogen and oxygen atoms in total. The van der Waals surface area contributed by atoms with Gasteiger partial charge in [-0.15, -0.1) is 0 Å². The lowest BCUT2D eigenvalue weighted by molar-refractivity contribution is -0.139. The average Bonchev–Trinajstić information content (AvgIpc) is 2.55. The third-order valence-electron chi connectivity index (χ3n) is 6.00. The highest BCUT2D eigenvalue weighted by atomic mass is 16.4. The van der Waals surface area contributed by atoms with E-state index in [9.17, 15) is 4.79 Å². The molecule has 23 heavy (non-hydrogen) atoms. The molecule has 0 aromatic carbocycles. The van der Waals surface area contributed by atoms with E-state index in [4.69, 9.17) is 5.11 Å². The van der Waals surface area contributed by atoms with Gasteiger partial charge in [-0.05, 0) is 57.2 Å². The second-order valence-corrected chi connectivity index (χ2v) is 7.66. The summed E-state index contributed by atoms with van der Waals surface area (Å²) in [5.41, 5.74) is 0. The molecule has 0 aromatic heterocycles. The van der Waals surface area contributed by atoms with Gasteiger partial charge >= 0.3 is 5.97 Å². The largest absolute Gasteiger partial charge is 0.480 e. The summed E-state index contributed by atoms with van der Waals surface area (Å²) in [4.78, 5) is 15.7. The van der Waals surface area contributed by atoms with E-state index in [0.29, 0.717) is 6.04 Å². The van der Waals surface area contributed by atoms with Crippen LogP contribution in [0.1, 0.15) is 65.2 Å². The molecule has 1 aliphatic carbocycles. The Bertz CT molecular complexity index is 345.